The van der Waals surface area contributed by atoms with Gasteiger partial charge in [0.05, 0.1) is 12.7 Å². The van der Waals surface area contributed by atoms with Crippen LogP contribution in [0.4, 0.5) is 0 Å². The first kappa shape index (κ1) is 9.26. The molecule has 0 radical (unpaired) electrons. The van der Waals surface area contributed by atoms with Crippen molar-refractivity contribution in [3.63, 3.8) is 0 Å². The summed E-state index contributed by atoms with van der Waals surface area (Å²) in [4.78, 5) is 10.8. The molecule has 0 aromatic carbocycles. The molecule has 3 nitrogen and oxygen atoms in total. The van der Waals surface area contributed by atoms with Gasteiger partial charge in [-0.15, -0.1) is 0 Å². The molecule has 1 fully saturated rings. The Labute approximate surface area is 72.4 Å². The van der Waals surface area contributed by atoms with E-state index in [1.807, 2.05) is 13.8 Å². The third-order valence-electron chi connectivity index (χ3n) is 1.67. The van der Waals surface area contributed by atoms with Gasteiger partial charge in [0.1, 0.15) is 5.60 Å². The Hall–Kier alpha value is -0.830. The van der Waals surface area contributed by atoms with Crippen LogP contribution >= 0.6 is 0 Å². The second kappa shape index (κ2) is 3.27. The van der Waals surface area contributed by atoms with Crippen molar-refractivity contribution in [1.29, 1.82) is 0 Å². The van der Waals surface area contributed by atoms with Gasteiger partial charge in [-0.05, 0) is 13.8 Å². The van der Waals surface area contributed by atoms with Gasteiger partial charge in [0.25, 0.3) is 0 Å². The molecule has 1 heterocycles. The Balaban J connectivity index is 2.34. The van der Waals surface area contributed by atoms with Gasteiger partial charge in [-0.2, -0.15) is 0 Å². The first-order valence-corrected chi connectivity index (χ1v) is 4.00. The van der Waals surface area contributed by atoms with Gasteiger partial charge in [0, 0.05) is 12.5 Å². The third kappa shape index (κ3) is 3.05. The Morgan fingerprint density at radius 2 is 2.42 bits per heavy atom. The summed E-state index contributed by atoms with van der Waals surface area (Å²) in [6, 6.07) is 0. The Morgan fingerprint density at radius 1 is 1.83 bits per heavy atom. The van der Waals surface area contributed by atoms with Crippen LogP contribution in [-0.2, 0) is 14.3 Å². The zero-order valence-corrected chi connectivity index (χ0v) is 7.50. The molecular weight excluding hydrogens is 156 g/mol. The molecule has 0 aromatic heterocycles. The predicted molar refractivity (Wildman–Crippen MR) is 44.7 cm³/mol. The number of carbonyl (C=O) groups is 1. The number of rotatable bonds is 4. The summed E-state index contributed by atoms with van der Waals surface area (Å²) in [5, 5.41) is 0. The number of carbonyl (C=O) groups excluding carboxylic acids is 1. The number of hydrogen-bond donors (Lipinski definition) is 0. The van der Waals surface area contributed by atoms with Gasteiger partial charge < -0.3 is 9.47 Å². The molecule has 0 saturated carbocycles. The highest BCUT2D eigenvalue weighted by molar-refractivity contribution is 5.81. The third-order valence-corrected chi connectivity index (χ3v) is 1.67. The number of hydrogen-bond acceptors (Lipinski definition) is 3. The van der Waals surface area contributed by atoms with Gasteiger partial charge in [-0.1, -0.05) is 6.58 Å². The zero-order chi connectivity index (χ0) is 9.19. The molecule has 0 bridgehead atoms. The average Bonchev–Trinajstić information content (AvgIpc) is 2.69. The van der Waals surface area contributed by atoms with Crippen molar-refractivity contribution < 1.29 is 14.3 Å². The van der Waals surface area contributed by atoms with Crippen LogP contribution in [0.15, 0.2) is 12.7 Å². The van der Waals surface area contributed by atoms with Crippen LogP contribution in [0.2, 0.25) is 0 Å². The van der Waals surface area contributed by atoms with Crippen molar-refractivity contribution >= 4 is 5.97 Å². The smallest absolute Gasteiger partial charge is 0.330 e. The minimum absolute atomic E-state index is 0.276. The molecule has 0 aliphatic carbocycles. The number of ether oxygens (including phenoxy) is 2. The van der Waals surface area contributed by atoms with E-state index >= 15 is 0 Å². The van der Waals surface area contributed by atoms with E-state index in [4.69, 9.17) is 9.47 Å². The van der Waals surface area contributed by atoms with Gasteiger partial charge in [0.15, 0.2) is 0 Å². The summed E-state index contributed by atoms with van der Waals surface area (Å²) in [5.74, 6) is -0.374. The van der Waals surface area contributed by atoms with Crippen molar-refractivity contribution in [2.75, 3.05) is 6.61 Å². The highest BCUT2D eigenvalue weighted by Crippen LogP contribution is 2.25. The van der Waals surface area contributed by atoms with Crippen LogP contribution < -0.4 is 0 Å². The quantitative estimate of drug-likeness (QED) is 0.362. The summed E-state index contributed by atoms with van der Waals surface area (Å²) in [6.07, 6.45) is 2.21. The van der Waals surface area contributed by atoms with Crippen LogP contribution in [0.3, 0.4) is 0 Å². The highest BCUT2D eigenvalue weighted by atomic mass is 16.6. The largest absolute Gasteiger partial charge is 0.456 e. The van der Waals surface area contributed by atoms with E-state index in [0.717, 1.165) is 13.0 Å². The monoisotopic (exact) mass is 170 g/mol. The molecule has 0 amide bonds. The second-order valence-electron chi connectivity index (χ2n) is 3.54. The van der Waals surface area contributed by atoms with Gasteiger partial charge in [-0.3, -0.25) is 0 Å². The van der Waals surface area contributed by atoms with Crippen molar-refractivity contribution in [2.45, 2.75) is 32.0 Å². The van der Waals surface area contributed by atoms with Crippen molar-refractivity contribution in [1.82, 2.24) is 0 Å². The van der Waals surface area contributed by atoms with Gasteiger partial charge in [-0.25, -0.2) is 4.79 Å². The molecule has 1 unspecified atom stereocenters. The molecule has 0 aromatic rings. The average molecular weight is 170 g/mol. The maximum Gasteiger partial charge on any atom is 0.330 e. The van der Waals surface area contributed by atoms with E-state index in [1.165, 1.54) is 6.08 Å². The lowest BCUT2D eigenvalue weighted by atomic mass is 10.0. The van der Waals surface area contributed by atoms with E-state index in [1.54, 1.807) is 0 Å². The number of esters is 1. The lowest BCUT2D eigenvalue weighted by molar-refractivity contribution is -0.150. The van der Waals surface area contributed by atoms with E-state index in [-0.39, 0.29) is 12.1 Å². The Kier molecular flexibility index (Phi) is 2.52. The number of epoxide rings is 1. The highest BCUT2D eigenvalue weighted by Gasteiger charge is 2.33. The summed E-state index contributed by atoms with van der Waals surface area (Å²) in [6.45, 7) is 7.86. The molecule has 12 heavy (non-hydrogen) atoms. The minimum atomic E-state index is -0.438. The predicted octanol–water partition coefficient (Wildman–Crippen LogP) is 1.28. The topological polar surface area (TPSA) is 38.8 Å². The van der Waals surface area contributed by atoms with Gasteiger partial charge in [0.2, 0.25) is 0 Å². The molecule has 68 valence electrons. The molecule has 1 aliphatic rings. The lowest BCUT2D eigenvalue weighted by Gasteiger charge is -2.23. The SMILES string of the molecule is C=CC(=O)OC(C)(C)CC1CO1. The minimum Gasteiger partial charge on any atom is -0.456 e. The van der Waals surface area contributed by atoms with E-state index in [0.29, 0.717) is 0 Å². The van der Waals surface area contributed by atoms with Crippen LogP contribution in [-0.4, -0.2) is 24.3 Å². The van der Waals surface area contributed by atoms with Crippen molar-refractivity contribution in [3.05, 3.63) is 12.7 Å². The first-order valence-electron chi connectivity index (χ1n) is 4.00. The molecule has 1 atom stereocenters. The Morgan fingerprint density at radius 3 is 2.83 bits per heavy atom. The summed E-state index contributed by atoms with van der Waals surface area (Å²) in [5.41, 5.74) is -0.438. The maximum absolute atomic E-state index is 10.8. The van der Waals surface area contributed by atoms with Crippen LogP contribution in [0, 0.1) is 0 Å². The fraction of sp³-hybridized carbons (Fsp3) is 0.667. The van der Waals surface area contributed by atoms with E-state index in [2.05, 4.69) is 6.58 Å². The summed E-state index contributed by atoms with van der Waals surface area (Å²) in [7, 11) is 0. The van der Waals surface area contributed by atoms with Crippen LogP contribution in [0.1, 0.15) is 20.3 Å². The van der Waals surface area contributed by atoms with Gasteiger partial charge >= 0.3 is 5.97 Å². The molecule has 1 saturated heterocycles. The maximum atomic E-state index is 10.8. The molecular formula is C9H14O3. The molecule has 1 aliphatic heterocycles. The lowest BCUT2D eigenvalue weighted by Crippen LogP contribution is -2.28. The first-order chi connectivity index (χ1) is 5.53. The molecule has 3 heteroatoms. The molecule has 0 spiro atoms. The van der Waals surface area contributed by atoms with Crippen molar-refractivity contribution in [2.24, 2.45) is 0 Å². The fourth-order valence-electron chi connectivity index (χ4n) is 1.09. The van der Waals surface area contributed by atoms with E-state index < -0.39 is 5.60 Å². The standard InChI is InChI=1S/C9H14O3/c1-4-8(10)12-9(2,3)5-7-6-11-7/h4,7H,1,5-6H2,2-3H3. The fourth-order valence-corrected chi connectivity index (χ4v) is 1.09. The van der Waals surface area contributed by atoms with Crippen LogP contribution in [0.25, 0.3) is 0 Å². The normalized spacial score (nSPS) is 21.7. The zero-order valence-electron chi connectivity index (χ0n) is 7.50. The molecule has 0 N–H and O–H groups in total. The summed E-state index contributed by atoms with van der Waals surface area (Å²) >= 11 is 0. The Bertz CT molecular complexity index is 192. The van der Waals surface area contributed by atoms with Crippen LogP contribution in [0.5, 0.6) is 0 Å². The van der Waals surface area contributed by atoms with E-state index in [9.17, 15) is 4.79 Å². The second-order valence-corrected chi connectivity index (χ2v) is 3.54. The van der Waals surface area contributed by atoms with Crippen molar-refractivity contribution in [3.8, 4) is 0 Å². The summed E-state index contributed by atoms with van der Waals surface area (Å²) < 4.78 is 10.1. The molecule has 1 rings (SSSR count).